The molecule has 0 atom stereocenters. The van der Waals surface area contributed by atoms with Gasteiger partial charge in [0.1, 0.15) is 23.1 Å². The third-order valence-electron chi connectivity index (χ3n) is 5.43. The normalized spacial score (nSPS) is 11.1. The van der Waals surface area contributed by atoms with Crippen molar-refractivity contribution in [2.45, 2.75) is 6.61 Å². The third kappa shape index (κ3) is 4.75. The molecule has 2 N–H and O–H groups in total. The van der Waals surface area contributed by atoms with Crippen molar-refractivity contribution in [3.05, 3.63) is 81.2 Å². The summed E-state index contributed by atoms with van der Waals surface area (Å²) in [6, 6.07) is 7.69. The molecule has 0 aliphatic carbocycles. The van der Waals surface area contributed by atoms with Gasteiger partial charge in [-0.15, -0.1) is 0 Å². The number of nitrogens with two attached hydrogens (primary N) is 1. The molecule has 0 fully saturated rings. The summed E-state index contributed by atoms with van der Waals surface area (Å²) in [6.45, 7) is -3.23. The van der Waals surface area contributed by atoms with E-state index >= 15 is 8.78 Å². The third-order valence-corrected chi connectivity index (χ3v) is 5.66. The average molecular weight is 537 g/mol. The van der Waals surface area contributed by atoms with Crippen LogP contribution >= 0.6 is 11.6 Å². The van der Waals surface area contributed by atoms with Crippen LogP contribution in [0.25, 0.3) is 28.2 Å². The fraction of sp³-hybridized carbons (Fsp3) is 0.125. The van der Waals surface area contributed by atoms with Crippen LogP contribution in [0.1, 0.15) is 10.4 Å². The summed E-state index contributed by atoms with van der Waals surface area (Å²) >= 11 is 5.90. The molecule has 4 aromatic rings. The number of amides is 1. The Bertz CT molecular complexity index is 1550. The molecular weight excluding hydrogens is 520 g/mol. The molecule has 2 heterocycles. The molecule has 0 radical (unpaired) electrons. The maximum Gasteiger partial charge on any atom is 0.387 e. The van der Waals surface area contributed by atoms with Crippen LogP contribution in [-0.4, -0.2) is 34.0 Å². The van der Waals surface area contributed by atoms with Gasteiger partial charge in [-0.05, 0) is 30.3 Å². The second-order valence-electron chi connectivity index (χ2n) is 7.61. The number of ether oxygens (including phenoxy) is 2. The molecule has 0 unspecified atom stereocenters. The smallest absolute Gasteiger partial charge is 0.387 e. The fourth-order valence-electron chi connectivity index (χ4n) is 3.90. The van der Waals surface area contributed by atoms with Gasteiger partial charge in [-0.1, -0.05) is 11.6 Å². The number of pyridine rings is 1. The van der Waals surface area contributed by atoms with E-state index in [0.29, 0.717) is 0 Å². The van der Waals surface area contributed by atoms with E-state index in [9.17, 15) is 18.4 Å². The summed E-state index contributed by atoms with van der Waals surface area (Å²) in [5.74, 6) is -3.77. The predicted molar refractivity (Wildman–Crippen MR) is 126 cm³/mol. The number of primary amides is 1. The lowest BCUT2D eigenvalue weighted by atomic mass is 9.95. The van der Waals surface area contributed by atoms with Crippen molar-refractivity contribution < 1.29 is 31.8 Å². The number of aromatic nitrogens is 3. The maximum atomic E-state index is 15.3. The number of carbonyl (C=O) groups excluding carboxylic acids is 1. The van der Waals surface area contributed by atoms with Crippen LogP contribution in [0.5, 0.6) is 11.5 Å². The van der Waals surface area contributed by atoms with E-state index in [-0.39, 0.29) is 33.4 Å². The average Bonchev–Trinajstić information content (AvgIpc) is 3.08. The van der Waals surface area contributed by atoms with Crippen molar-refractivity contribution in [1.29, 1.82) is 0 Å². The van der Waals surface area contributed by atoms with E-state index < -0.39 is 46.6 Å². The van der Waals surface area contributed by atoms with Gasteiger partial charge < -0.3 is 15.2 Å². The quantitative estimate of drug-likeness (QED) is 0.349. The Labute approximate surface area is 211 Å². The topological polar surface area (TPSA) is 101 Å². The zero-order valence-electron chi connectivity index (χ0n) is 19.1. The number of hydrogen-bond acceptors (Lipinski definition) is 5. The molecule has 2 aromatic carbocycles. The highest BCUT2D eigenvalue weighted by atomic mass is 35.5. The number of rotatable bonds is 7. The summed E-state index contributed by atoms with van der Waals surface area (Å²) in [5, 5.41) is 0.256. The van der Waals surface area contributed by atoms with Crippen molar-refractivity contribution in [3.8, 4) is 39.7 Å². The predicted octanol–water partition coefficient (Wildman–Crippen LogP) is 4.55. The standard InChI is InChI=1S/C24H17ClF4N4O4/c1-32-21(20-16(26)8-13(36-2)9-17(20)27)19(23(35)33(32)18-6-3-11(25)10-31-18)15-7-12(37-24(28)29)4-5-14(15)22(30)34/h3-10,24H,1-2H3,(H2,30,34). The number of alkyl halides is 2. The molecule has 37 heavy (non-hydrogen) atoms. The van der Waals surface area contributed by atoms with Crippen LogP contribution in [0.3, 0.4) is 0 Å². The molecule has 1 amide bonds. The van der Waals surface area contributed by atoms with E-state index in [1.165, 1.54) is 32.5 Å². The highest BCUT2D eigenvalue weighted by molar-refractivity contribution is 6.30. The number of nitrogens with zero attached hydrogens (tertiary/aromatic N) is 3. The van der Waals surface area contributed by atoms with E-state index in [4.69, 9.17) is 22.1 Å². The summed E-state index contributed by atoms with van der Waals surface area (Å²) < 4.78 is 67.8. The molecular formula is C24H17ClF4N4O4. The maximum absolute atomic E-state index is 15.3. The lowest BCUT2D eigenvalue weighted by Crippen LogP contribution is -2.22. The highest BCUT2D eigenvalue weighted by Gasteiger charge is 2.30. The Morgan fingerprint density at radius 1 is 1.05 bits per heavy atom. The van der Waals surface area contributed by atoms with Gasteiger partial charge in [-0.25, -0.2) is 13.8 Å². The summed E-state index contributed by atoms with van der Waals surface area (Å²) in [4.78, 5) is 30.1. The zero-order valence-corrected chi connectivity index (χ0v) is 19.9. The first kappa shape index (κ1) is 25.8. The van der Waals surface area contributed by atoms with Crippen molar-refractivity contribution in [2.24, 2.45) is 12.8 Å². The van der Waals surface area contributed by atoms with Crippen LogP contribution in [0.2, 0.25) is 5.02 Å². The van der Waals surface area contributed by atoms with E-state index in [2.05, 4.69) is 9.72 Å². The Morgan fingerprint density at radius 3 is 2.27 bits per heavy atom. The SMILES string of the molecule is COc1cc(F)c(-c2c(-c3cc(OC(F)F)ccc3C(N)=O)c(=O)n(-c3ccc(Cl)cn3)n2C)c(F)c1. The second-order valence-corrected chi connectivity index (χ2v) is 8.05. The summed E-state index contributed by atoms with van der Waals surface area (Å²) in [7, 11) is 2.54. The Kier molecular flexibility index (Phi) is 6.94. The summed E-state index contributed by atoms with van der Waals surface area (Å²) in [6.07, 6.45) is 1.25. The molecule has 2 aromatic heterocycles. The van der Waals surface area contributed by atoms with Gasteiger partial charge in [0, 0.05) is 36.5 Å². The van der Waals surface area contributed by atoms with Gasteiger partial charge in [0.05, 0.1) is 29.0 Å². The molecule has 13 heteroatoms. The van der Waals surface area contributed by atoms with Gasteiger partial charge in [-0.2, -0.15) is 13.5 Å². The van der Waals surface area contributed by atoms with Crippen LogP contribution in [0.15, 0.2) is 53.5 Å². The van der Waals surface area contributed by atoms with Crippen molar-refractivity contribution in [1.82, 2.24) is 14.3 Å². The number of carbonyl (C=O) groups is 1. The molecule has 192 valence electrons. The molecule has 0 spiro atoms. The van der Waals surface area contributed by atoms with E-state index in [0.717, 1.165) is 39.7 Å². The van der Waals surface area contributed by atoms with Gasteiger partial charge in [0.15, 0.2) is 5.82 Å². The largest absolute Gasteiger partial charge is 0.497 e. The molecule has 0 aliphatic heterocycles. The lowest BCUT2D eigenvalue weighted by Gasteiger charge is -2.14. The van der Waals surface area contributed by atoms with Crippen molar-refractivity contribution >= 4 is 17.5 Å². The summed E-state index contributed by atoms with van der Waals surface area (Å²) in [5.41, 5.74) is 2.61. The molecule has 8 nitrogen and oxygen atoms in total. The van der Waals surface area contributed by atoms with Crippen LogP contribution in [-0.2, 0) is 7.05 Å². The van der Waals surface area contributed by atoms with E-state index in [1.807, 2.05) is 0 Å². The van der Waals surface area contributed by atoms with E-state index in [1.54, 1.807) is 0 Å². The second kappa shape index (κ2) is 9.97. The fourth-order valence-corrected chi connectivity index (χ4v) is 4.01. The minimum Gasteiger partial charge on any atom is -0.497 e. The minimum atomic E-state index is -3.23. The highest BCUT2D eigenvalue weighted by Crippen LogP contribution is 2.38. The molecule has 0 bridgehead atoms. The first-order valence-corrected chi connectivity index (χ1v) is 10.8. The van der Waals surface area contributed by atoms with Gasteiger partial charge in [0.25, 0.3) is 5.56 Å². The van der Waals surface area contributed by atoms with Crippen LogP contribution in [0.4, 0.5) is 17.6 Å². The number of hydrogen-bond donors (Lipinski definition) is 1. The Hall–Kier alpha value is -4.32. The van der Waals surface area contributed by atoms with Crippen molar-refractivity contribution in [3.63, 3.8) is 0 Å². The van der Waals surface area contributed by atoms with Gasteiger partial charge in [0.2, 0.25) is 5.91 Å². The zero-order chi connectivity index (χ0) is 27.0. The number of methoxy groups -OCH3 is 1. The Balaban J connectivity index is 2.15. The van der Waals surface area contributed by atoms with Gasteiger partial charge in [-0.3, -0.25) is 14.3 Å². The number of benzene rings is 2. The van der Waals surface area contributed by atoms with Crippen LogP contribution < -0.4 is 20.8 Å². The van der Waals surface area contributed by atoms with Crippen molar-refractivity contribution in [2.75, 3.05) is 7.11 Å². The molecule has 0 aliphatic rings. The molecule has 0 saturated carbocycles. The monoisotopic (exact) mass is 536 g/mol. The first-order chi connectivity index (χ1) is 17.5. The first-order valence-electron chi connectivity index (χ1n) is 10.4. The molecule has 0 saturated heterocycles. The van der Waals surface area contributed by atoms with Gasteiger partial charge >= 0.3 is 6.61 Å². The number of halogens is 5. The lowest BCUT2D eigenvalue weighted by molar-refractivity contribution is -0.0498. The van der Waals surface area contributed by atoms with Crippen LogP contribution in [0, 0.1) is 11.6 Å². The Morgan fingerprint density at radius 2 is 1.73 bits per heavy atom. The molecule has 4 rings (SSSR count). The minimum absolute atomic E-state index is 0.0133.